The molecule has 0 atom stereocenters. The van der Waals surface area contributed by atoms with Crippen molar-refractivity contribution in [3.63, 3.8) is 0 Å². The Morgan fingerprint density at radius 2 is 1.62 bits per heavy atom. The third-order valence-corrected chi connectivity index (χ3v) is 0.167. The summed E-state index contributed by atoms with van der Waals surface area (Å²) in [6.45, 7) is 5.26. The van der Waals surface area contributed by atoms with Crippen LogP contribution < -0.4 is 0 Å². The van der Waals surface area contributed by atoms with E-state index in [2.05, 4.69) is 6.58 Å². The Hall–Kier alpha value is -0.130. The highest BCUT2D eigenvalue weighted by Crippen LogP contribution is 1.61. The summed E-state index contributed by atoms with van der Waals surface area (Å²) in [5.74, 6) is 0. The summed E-state index contributed by atoms with van der Waals surface area (Å²) in [5, 5.41) is 0. The standard InChI is InChI=1S/C3H5B.C2H5B.CH4/c1-2-3-4;1-2-3;/h2H,1,3H2;2H2,1H3;1H4. The zero-order chi connectivity index (χ0) is 6.12. The number of allylic oxidation sites excluding steroid dienone is 1. The molecule has 0 spiro atoms. The first kappa shape index (κ1) is 15.7. The second-order valence-electron chi connectivity index (χ2n) is 0.933. The average molecular weight is 108 g/mol. The third kappa shape index (κ3) is 184. The highest BCUT2D eigenvalue weighted by molar-refractivity contribution is 6.09. The largest absolute Gasteiger partial charge is 0.104 e. The van der Waals surface area contributed by atoms with E-state index in [-0.39, 0.29) is 7.43 Å². The van der Waals surface area contributed by atoms with E-state index in [1.54, 1.807) is 6.08 Å². The van der Waals surface area contributed by atoms with Gasteiger partial charge in [-0.3, -0.25) is 0 Å². The van der Waals surface area contributed by atoms with Crippen molar-refractivity contribution in [2.24, 2.45) is 0 Å². The van der Waals surface area contributed by atoms with Crippen molar-refractivity contribution in [3.05, 3.63) is 12.7 Å². The molecule has 0 aliphatic carbocycles. The molecular weight excluding hydrogens is 93.7 g/mol. The molecule has 2 heteroatoms. The minimum atomic E-state index is 0. The fraction of sp³-hybridized carbons (Fsp3) is 0.667. The van der Waals surface area contributed by atoms with Crippen LogP contribution in [0.25, 0.3) is 0 Å². The Morgan fingerprint density at radius 1 is 1.50 bits per heavy atom. The lowest BCUT2D eigenvalue weighted by molar-refractivity contribution is 1.48. The summed E-state index contributed by atoms with van der Waals surface area (Å²) in [5.41, 5.74) is 0. The Balaban J connectivity index is -0.0000000575. The van der Waals surface area contributed by atoms with Crippen LogP contribution in [0.5, 0.6) is 0 Å². The van der Waals surface area contributed by atoms with Crippen molar-refractivity contribution in [1.82, 2.24) is 0 Å². The lowest BCUT2D eigenvalue weighted by Gasteiger charge is -1.57. The topological polar surface area (TPSA) is 0 Å². The molecule has 0 aromatic rings. The summed E-state index contributed by atoms with van der Waals surface area (Å²) in [6.07, 6.45) is 2.99. The summed E-state index contributed by atoms with van der Waals surface area (Å²) in [6, 6.07) is 0. The van der Waals surface area contributed by atoms with E-state index in [0.29, 0.717) is 6.32 Å². The van der Waals surface area contributed by atoms with Gasteiger partial charge in [0.25, 0.3) is 0 Å². The maximum Gasteiger partial charge on any atom is 0.0708 e. The Bertz CT molecular complexity index is 27.7. The van der Waals surface area contributed by atoms with Crippen LogP contribution in [0, 0.1) is 0 Å². The number of rotatable bonds is 1. The van der Waals surface area contributed by atoms with Gasteiger partial charge in [0.1, 0.15) is 0 Å². The van der Waals surface area contributed by atoms with E-state index in [9.17, 15) is 0 Å². The van der Waals surface area contributed by atoms with Gasteiger partial charge >= 0.3 is 0 Å². The van der Waals surface area contributed by atoms with Gasteiger partial charge in [-0.15, -0.1) is 12.7 Å². The van der Waals surface area contributed by atoms with E-state index < -0.39 is 0 Å². The first-order valence-corrected chi connectivity index (χ1v) is 2.34. The SMILES string of the molecule is C.[B]CC.[B]CC=C. The van der Waals surface area contributed by atoms with Crippen LogP contribution in [0.2, 0.25) is 12.6 Å². The molecular formula is C6H14B2. The maximum absolute atomic E-state index is 4.91. The van der Waals surface area contributed by atoms with Crippen LogP contribution in [0.3, 0.4) is 0 Å². The van der Waals surface area contributed by atoms with Crippen LogP contribution in [-0.2, 0) is 0 Å². The summed E-state index contributed by atoms with van der Waals surface area (Å²) in [4.78, 5) is 0. The first-order chi connectivity index (χ1) is 3.33. The molecule has 0 rings (SSSR count). The highest BCUT2D eigenvalue weighted by atomic mass is 13.4. The monoisotopic (exact) mass is 108 g/mol. The van der Waals surface area contributed by atoms with Crippen LogP contribution >= 0.6 is 0 Å². The van der Waals surface area contributed by atoms with Gasteiger partial charge in [0.05, 0.1) is 15.7 Å². The van der Waals surface area contributed by atoms with Gasteiger partial charge in [-0.1, -0.05) is 27.0 Å². The zero-order valence-electron chi connectivity index (χ0n) is 4.85. The lowest BCUT2D eigenvalue weighted by atomic mass is 10.1. The van der Waals surface area contributed by atoms with Crippen LogP contribution in [-0.4, -0.2) is 15.7 Å². The molecule has 0 bridgehead atoms. The van der Waals surface area contributed by atoms with Gasteiger partial charge in [0, 0.05) is 0 Å². The molecule has 0 aliphatic rings. The van der Waals surface area contributed by atoms with Gasteiger partial charge < -0.3 is 0 Å². The molecule has 0 aliphatic heterocycles. The highest BCUT2D eigenvalue weighted by Gasteiger charge is 1.46. The molecule has 0 aromatic carbocycles. The molecule has 0 saturated carbocycles. The Morgan fingerprint density at radius 3 is 1.62 bits per heavy atom. The first-order valence-electron chi connectivity index (χ1n) is 2.34. The van der Waals surface area contributed by atoms with E-state index >= 15 is 0 Å². The van der Waals surface area contributed by atoms with E-state index in [1.165, 1.54) is 0 Å². The van der Waals surface area contributed by atoms with Crippen LogP contribution in [0.4, 0.5) is 0 Å². The molecule has 8 heavy (non-hydrogen) atoms. The fourth-order valence-corrected chi connectivity index (χ4v) is 0. The molecule has 4 radical (unpaired) electrons. The molecule has 0 saturated heterocycles. The van der Waals surface area contributed by atoms with E-state index in [4.69, 9.17) is 15.7 Å². The van der Waals surface area contributed by atoms with Gasteiger partial charge in [-0.05, 0) is 0 Å². The van der Waals surface area contributed by atoms with Crippen LogP contribution in [0.15, 0.2) is 12.7 Å². The quantitative estimate of drug-likeness (QED) is 0.355. The van der Waals surface area contributed by atoms with E-state index in [1.807, 2.05) is 6.92 Å². The van der Waals surface area contributed by atoms with Gasteiger partial charge in [-0.2, -0.15) is 0 Å². The molecule has 0 nitrogen and oxygen atoms in total. The smallest absolute Gasteiger partial charge is 0.0708 e. The number of hydrogen-bond acceptors (Lipinski definition) is 0. The molecule has 0 unspecified atom stereocenters. The van der Waals surface area contributed by atoms with Crippen molar-refractivity contribution in [2.75, 3.05) is 0 Å². The fourth-order valence-electron chi connectivity index (χ4n) is 0. The van der Waals surface area contributed by atoms with Gasteiger partial charge in [-0.25, -0.2) is 0 Å². The predicted octanol–water partition coefficient (Wildman–Crippen LogP) is 1.99. The summed E-state index contributed by atoms with van der Waals surface area (Å²) in [7, 11) is 9.76. The number of hydrogen-bond donors (Lipinski definition) is 0. The minimum Gasteiger partial charge on any atom is -0.104 e. The molecule has 0 N–H and O–H groups in total. The predicted molar refractivity (Wildman–Crippen MR) is 43.7 cm³/mol. The molecule has 0 fully saturated rings. The second kappa shape index (κ2) is 28.7. The van der Waals surface area contributed by atoms with Crippen molar-refractivity contribution < 1.29 is 0 Å². The average Bonchev–Trinajstić information content (AvgIpc) is 1.69. The third-order valence-electron chi connectivity index (χ3n) is 0.167. The normalized spacial score (nSPS) is 5.12. The van der Waals surface area contributed by atoms with E-state index in [0.717, 1.165) is 6.32 Å². The summed E-state index contributed by atoms with van der Waals surface area (Å²) < 4.78 is 0. The molecule has 0 amide bonds. The zero-order valence-corrected chi connectivity index (χ0v) is 4.85. The second-order valence-corrected chi connectivity index (χ2v) is 0.933. The van der Waals surface area contributed by atoms with Crippen molar-refractivity contribution in [3.8, 4) is 0 Å². The molecule has 0 heterocycles. The van der Waals surface area contributed by atoms with Crippen molar-refractivity contribution >= 4 is 15.7 Å². The maximum atomic E-state index is 4.91. The summed E-state index contributed by atoms with van der Waals surface area (Å²) >= 11 is 0. The van der Waals surface area contributed by atoms with Gasteiger partial charge in [0.15, 0.2) is 0 Å². The van der Waals surface area contributed by atoms with Crippen molar-refractivity contribution in [2.45, 2.75) is 27.0 Å². The van der Waals surface area contributed by atoms with Gasteiger partial charge in [0.2, 0.25) is 0 Å². The minimum absolute atomic E-state index is 0. The Labute approximate surface area is 56.2 Å². The van der Waals surface area contributed by atoms with Crippen LogP contribution in [0.1, 0.15) is 14.4 Å². The Kier molecular flexibility index (Phi) is 56.3. The van der Waals surface area contributed by atoms with Crippen molar-refractivity contribution in [1.29, 1.82) is 0 Å². The molecule has 0 aromatic heterocycles. The molecule has 44 valence electrons. The lowest BCUT2D eigenvalue weighted by Crippen LogP contribution is -1.47.